The lowest BCUT2D eigenvalue weighted by Crippen LogP contribution is -2.57. The number of nitriles is 1. The highest BCUT2D eigenvalue weighted by Crippen LogP contribution is 2.38. The van der Waals surface area contributed by atoms with Gasteiger partial charge in [-0.1, -0.05) is 0 Å². The maximum absolute atomic E-state index is 9.05. The summed E-state index contributed by atoms with van der Waals surface area (Å²) < 4.78 is 0. The minimum Gasteiger partial charge on any atom is -0.306 e. The summed E-state index contributed by atoms with van der Waals surface area (Å²) in [5, 5.41) is 17.5. The van der Waals surface area contributed by atoms with Crippen LogP contribution in [0.15, 0.2) is 0 Å². The first-order valence-corrected chi connectivity index (χ1v) is 8.44. The van der Waals surface area contributed by atoms with Crippen LogP contribution in [0.5, 0.6) is 0 Å². The molecule has 19 heavy (non-hydrogen) atoms. The van der Waals surface area contributed by atoms with E-state index in [1.54, 1.807) is 0 Å². The SMILES string of the molecule is CN1CCC(NC2CCC3SC(C#N)CC3N2)CC1. The van der Waals surface area contributed by atoms with Gasteiger partial charge in [0.15, 0.2) is 0 Å². The fraction of sp³-hybridized carbons (Fsp3) is 0.929. The number of hydrogen-bond donors (Lipinski definition) is 2. The molecule has 0 aromatic carbocycles. The largest absolute Gasteiger partial charge is 0.306 e. The number of likely N-dealkylation sites (tertiary alicyclic amines) is 1. The third-order valence-electron chi connectivity index (χ3n) is 4.71. The Morgan fingerprint density at radius 3 is 2.79 bits per heavy atom. The van der Waals surface area contributed by atoms with Gasteiger partial charge in [-0.3, -0.25) is 10.6 Å². The summed E-state index contributed by atoms with van der Waals surface area (Å²) in [5.41, 5.74) is 0. The monoisotopic (exact) mass is 280 g/mol. The quantitative estimate of drug-likeness (QED) is 0.794. The molecule has 4 unspecified atom stereocenters. The van der Waals surface area contributed by atoms with E-state index in [1.165, 1.54) is 38.8 Å². The average Bonchev–Trinajstić information content (AvgIpc) is 2.83. The van der Waals surface area contributed by atoms with Gasteiger partial charge >= 0.3 is 0 Å². The Morgan fingerprint density at radius 2 is 2.05 bits per heavy atom. The van der Waals surface area contributed by atoms with E-state index in [0.717, 1.165) is 6.42 Å². The molecule has 0 saturated carbocycles. The van der Waals surface area contributed by atoms with Crippen LogP contribution in [0, 0.1) is 11.3 Å². The van der Waals surface area contributed by atoms with Crippen molar-refractivity contribution in [1.82, 2.24) is 15.5 Å². The minimum atomic E-state index is 0.213. The second-order valence-electron chi connectivity index (χ2n) is 6.18. The molecule has 5 heteroatoms. The summed E-state index contributed by atoms with van der Waals surface area (Å²) in [6.45, 7) is 2.42. The van der Waals surface area contributed by atoms with E-state index in [2.05, 4.69) is 28.7 Å². The molecule has 3 aliphatic heterocycles. The number of hydrogen-bond acceptors (Lipinski definition) is 5. The maximum Gasteiger partial charge on any atom is 0.0935 e. The molecule has 0 spiro atoms. The third-order valence-corrected chi connectivity index (χ3v) is 6.25. The lowest BCUT2D eigenvalue weighted by molar-refractivity contribution is 0.196. The zero-order valence-electron chi connectivity index (χ0n) is 11.6. The number of nitrogens with one attached hydrogen (secondary N) is 2. The first-order chi connectivity index (χ1) is 9.24. The second-order valence-corrected chi connectivity index (χ2v) is 7.62. The van der Waals surface area contributed by atoms with Gasteiger partial charge in [-0.15, -0.1) is 11.8 Å². The van der Waals surface area contributed by atoms with Gasteiger partial charge in [-0.25, -0.2) is 0 Å². The number of nitrogens with zero attached hydrogens (tertiary/aromatic N) is 2. The zero-order valence-corrected chi connectivity index (χ0v) is 12.5. The fourth-order valence-corrected chi connectivity index (χ4v) is 4.99. The Bertz CT molecular complexity index is 348. The van der Waals surface area contributed by atoms with Crippen molar-refractivity contribution < 1.29 is 0 Å². The molecule has 4 atom stereocenters. The molecule has 3 rings (SSSR count). The smallest absolute Gasteiger partial charge is 0.0935 e. The molecule has 0 radical (unpaired) electrons. The van der Waals surface area contributed by atoms with Gasteiger partial charge in [0.05, 0.1) is 17.5 Å². The summed E-state index contributed by atoms with van der Waals surface area (Å²) in [5.74, 6) is 0. The highest BCUT2D eigenvalue weighted by molar-refractivity contribution is 8.01. The van der Waals surface area contributed by atoms with Crippen LogP contribution in [0.25, 0.3) is 0 Å². The van der Waals surface area contributed by atoms with Crippen LogP contribution in [0.1, 0.15) is 32.1 Å². The molecule has 3 fully saturated rings. The van der Waals surface area contributed by atoms with Crippen molar-refractivity contribution in [1.29, 1.82) is 5.26 Å². The molecule has 0 aromatic heterocycles. The van der Waals surface area contributed by atoms with Gasteiger partial charge in [0, 0.05) is 17.3 Å². The van der Waals surface area contributed by atoms with Crippen molar-refractivity contribution in [3.8, 4) is 6.07 Å². The van der Waals surface area contributed by atoms with Crippen LogP contribution in [0.3, 0.4) is 0 Å². The topological polar surface area (TPSA) is 51.1 Å². The molecule has 0 aromatic rings. The molecular formula is C14H24N4S. The molecule has 0 aliphatic carbocycles. The minimum absolute atomic E-state index is 0.213. The highest BCUT2D eigenvalue weighted by atomic mass is 32.2. The van der Waals surface area contributed by atoms with E-state index in [4.69, 9.17) is 5.26 Å². The first-order valence-electron chi connectivity index (χ1n) is 7.50. The number of rotatable bonds is 2. The number of thioether (sulfide) groups is 1. The van der Waals surface area contributed by atoms with Crippen molar-refractivity contribution in [3.05, 3.63) is 0 Å². The molecule has 0 amide bonds. The molecular weight excluding hydrogens is 256 g/mol. The Kier molecular flexibility index (Phi) is 4.33. The van der Waals surface area contributed by atoms with E-state index >= 15 is 0 Å². The van der Waals surface area contributed by atoms with Gasteiger partial charge in [0.25, 0.3) is 0 Å². The number of fused-ring (bicyclic) bond motifs is 1. The van der Waals surface area contributed by atoms with Crippen LogP contribution in [-0.4, -0.2) is 53.8 Å². The summed E-state index contributed by atoms with van der Waals surface area (Å²) in [6.07, 6.45) is 6.48. The van der Waals surface area contributed by atoms with Crippen molar-refractivity contribution in [3.63, 3.8) is 0 Å². The highest BCUT2D eigenvalue weighted by Gasteiger charge is 2.39. The van der Waals surface area contributed by atoms with E-state index < -0.39 is 0 Å². The molecule has 2 N–H and O–H groups in total. The van der Waals surface area contributed by atoms with Crippen LogP contribution in [0.4, 0.5) is 0 Å². The van der Waals surface area contributed by atoms with E-state index in [0.29, 0.717) is 23.5 Å². The summed E-state index contributed by atoms with van der Waals surface area (Å²) in [4.78, 5) is 2.41. The van der Waals surface area contributed by atoms with E-state index in [1.807, 2.05) is 11.8 Å². The van der Waals surface area contributed by atoms with Gasteiger partial charge in [-0.05, 0) is 52.2 Å². The maximum atomic E-state index is 9.05. The van der Waals surface area contributed by atoms with Crippen LogP contribution < -0.4 is 10.6 Å². The van der Waals surface area contributed by atoms with E-state index in [9.17, 15) is 0 Å². The van der Waals surface area contributed by atoms with Gasteiger partial charge < -0.3 is 4.90 Å². The zero-order chi connectivity index (χ0) is 13.2. The van der Waals surface area contributed by atoms with Crippen molar-refractivity contribution in [2.24, 2.45) is 0 Å². The van der Waals surface area contributed by atoms with Crippen LogP contribution in [0.2, 0.25) is 0 Å². The van der Waals surface area contributed by atoms with Gasteiger partial charge in [0.1, 0.15) is 0 Å². The van der Waals surface area contributed by atoms with Gasteiger partial charge in [-0.2, -0.15) is 5.26 Å². The Hall–Kier alpha value is -0.280. The molecule has 4 nitrogen and oxygen atoms in total. The Labute approximate surface area is 120 Å². The second kappa shape index (κ2) is 6.01. The summed E-state index contributed by atoms with van der Waals surface area (Å²) in [7, 11) is 2.21. The third kappa shape index (κ3) is 3.25. The van der Waals surface area contributed by atoms with Crippen LogP contribution in [-0.2, 0) is 0 Å². The normalized spacial score (nSPS) is 40.8. The molecule has 0 bridgehead atoms. The standard InChI is InChI=1S/C14H24N4S/c1-18-6-4-10(5-7-18)16-14-3-2-13-12(17-14)8-11(9-15)19-13/h10-14,16-17H,2-8H2,1H3. The van der Waals surface area contributed by atoms with Gasteiger partial charge in [0.2, 0.25) is 0 Å². The van der Waals surface area contributed by atoms with Crippen molar-refractivity contribution >= 4 is 11.8 Å². The van der Waals surface area contributed by atoms with E-state index in [-0.39, 0.29) is 5.25 Å². The van der Waals surface area contributed by atoms with Crippen molar-refractivity contribution in [2.75, 3.05) is 20.1 Å². The van der Waals surface area contributed by atoms with Crippen LogP contribution >= 0.6 is 11.8 Å². The first kappa shape index (κ1) is 13.7. The number of piperidine rings is 2. The molecule has 3 heterocycles. The molecule has 3 aliphatic rings. The Balaban J connectivity index is 1.47. The lowest BCUT2D eigenvalue weighted by atomic mass is 9.97. The average molecular weight is 280 g/mol. The molecule has 3 saturated heterocycles. The lowest BCUT2D eigenvalue weighted by Gasteiger charge is -2.38. The fourth-order valence-electron chi connectivity index (χ4n) is 3.54. The summed E-state index contributed by atoms with van der Waals surface area (Å²) in [6, 6.07) is 3.64. The molecule has 106 valence electrons. The Morgan fingerprint density at radius 1 is 1.26 bits per heavy atom. The summed E-state index contributed by atoms with van der Waals surface area (Å²) >= 11 is 1.88. The van der Waals surface area contributed by atoms with Crippen molar-refractivity contribution in [2.45, 2.75) is 60.9 Å². The predicted octanol–water partition coefficient (Wildman–Crippen LogP) is 1.15. The predicted molar refractivity (Wildman–Crippen MR) is 79.0 cm³/mol.